The third-order valence-electron chi connectivity index (χ3n) is 1.67. The van der Waals surface area contributed by atoms with Gasteiger partial charge in [-0.15, -0.1) is 0 Å². The summed E-state index contributed by atoms with van der Waals surface area (Å²) in [4.78, 5) is 9.99. The molecule has 1 aromatic carbocycles. The quantitative estimate of drug-likeness (QED) is 0.470. The van der Waals surface area contributed by atoms with E-state index in [1.807, 2.05) is 0 Å². The molecule has 0 aromatic heterocycles. The molecular formula is C8H8ClNO5S. The highest BCUT2D eigenvalue weighted by molar-refractivity contribution is 7.85. The number of hydrogen-bond donors (Lipinski definition) is 0. The second kappa shape index (κ2) is 4.77. The summed E-state index contributed by atoms with van der Waals surface area (Å²) in [5.74, 6) is 0. The normalized spacial score (nSPS) is 11.4. The highest BCUT2D eigenvalue weighted by Crippen LogP contribution is 2.23. The average molecular weight is 266 g/mol. The van der Waals surface area contributed by atoms with Crippen LogP contribution in [0.3, 0.4) is 0 Å². The summed E-state index contributed by atoms with van der Waals surface area (Å²) in [6.45, 7) is -0.407. The third-order valence-corrected chi connectivity index (χ3v) is 2.45. The monoisotopic (exact) mass is 265 g/mol. The van der Waals surface area contributed by atoms with Crippen LogP contribution in [-0.4, -0.2) is 19.6 Å². The molecule has 0 radical (unpaired) electrons. The molecule has 8 heteroatoms. The van der Waals surface area contributed by atoms with E-state index in [2.05, 4.69) is 4.18 Å². The molecule has 1 aromatic rings. The lowest BCUT2D eigenvalue weighted by Gasteiger charge is -2.03. The lowest BCUT2D eigenvalue weighted by atomic mass is 10.2. The number of nitro groups is 1. The molecule has 0 N–H and O–H groups in total. The molecule has 0 aliphatic heterocycles. The number of halogens is 1. The molecular weight excluding hydrogens is 258 g/mol. The van der Waals surface area contributed by atoms with Crippen molar-refractivity contribution in [2.24, 2.45) is 0 Å². The summed E-state index contributed by atoms with van der Waals surface area (Å²) in [6, 6.07) is 3.85. The second-order valence-electron chi connectivity index (χ2n) is 3.00. The first-order valence-corrected chi connectivity index (χ1v) is 6.26. The van der Waals surface area contributed by atoms with Crippen LogP contribution in [0.15, 0.2) is 18.2 Å². The molecule has 1 rings (SSSR count). The highest BCUT2D eigenvalue weighted by atomic mass is 35.5. The Morgan fingerprint density at radius 3 is 2.62 bits per heavy atom. The number of nitrogens with zero attached hydrogens (tertiary/aromatic N) is 1. The Morgan fingerprint density at radius 1 is 1.50 bits per heavy atom. The maximum atomic E-state index is 10.7. The Labute approximate surface area is 97.1 Å². The summed E-state index contributed by atoms with van der Waals surface area (Å²) in [5, 5.41) is 10.9. The summed E-state index contributed by atoms with van der Waals surface area (Å²) in [7, 11) is -3.64. The van der Waals surface area contributed by atoms with Crippen LogP contribution in [0.25, 0.3) is 0 Å². The minimum Gasteiger partial charge on any atom is -0.265 e. The van der Waals surface area contributed by atoms with Crippen molar-refractivity contribution < 1.29 is 17.5 Å². The number of nitro benzene ring substituents is 1. The van der Waals surface area contributed by atoms with E-state index in [1.54, 1.807) is 0 Å². The van der Waals surface area contributed by atoms with Crippen LogP contribution in [0, 0.1) is 10.1 Å². The molecule has 88 valence electrons. The van der Waals surface area contributed by atoms with E-state index >= 15 is 0 Å². The minimum atomic E-state index is -3.64. The van der Waals surface area contributed by atoms with Gasteiger partial charge in [0.25, 0.3) is 15.8 Å². The molecule has 0 saturated heterocycles. The summed E-state index contributed by atoms with van der Waals surface area (Å²) >= 11 is 5.64. The smallest absolute Gasteiger partial charge is 0.265 e. The lowest BCUT2D eigenvalue weighted by molar-refractivity contribution is -0.385. The maximum absolute atomic E-state index is 10.7. The van der Waals surface area contributed by atoms with E-state index in [-0.39, 0.29) is 16.3 Å². The number of rotatable bonds is 4. The molecule has 0 aliphatic carbocycles. The molecule has 0 saturated carbocycles. The van der Waals surface area contributed by atoms with Gasteiger partial charge in [0.15, 0.2) is 0 Å². The number of hydrogen-bond acceptors (Lipinski definition) is 5. The van der Waals surface area contributed by atoms with Crippen molar-refractivity contribution in [2.75, 3.05) is 6.26 Å². The van der Waals surface area contributed by atoms with Gasteiger partial charge in [-0.1, -0.05) is 11.6 Å². The first-order valence-electron chi connectivity index (χ1n) is 4.07. The van der Waals surface area contributed by atoms with Gasteiger partial charge in [0.2, 0.25) is 0 Å². The van der Waals surface area contributed by atoms with Crippen molar-refractivity contribution in [3.05, 3.63) is 38.9 Å². The van der Waals surface area contributed by atoms with E-state index in [9.17, 15) is 18.5 Å². The molecule has 0 heterocycles. The van der Waals surface area contributed by atoms with E-state index in [1.165, 1.54) is 18.2 Å². The van der Waals surface area contributed by atoms with Crippen molar-refractivity contribution in [3.8, 4) is 0 Å². The van der Waals surface area contributed by atoms with Crippen LogP contribution >= 0.6 is 11.6 Å². The van der Waals surface area contributed by atoms with E-state index in [0.717, 1.165) is 6.26 Å². The Bertz CT molecular complexity index is 513. The van der Waals surface area contributed by atoms with Crippen molar-refractivity contribution in [2.45, 2.75) is 6.61 Å². The van der Waals surface area contributed by atoms with E-state index in [0.29, 0.717) is 0 Å². The van der Waals surface area contributed by atoms with E-state index in [4.69, 9.17) is 11.6 Å². The van der Waals surface area contributed by atoms with Gasteiger partial charge < -0.3 is 0 Å². The predicted molar refractivity (Wildman–Crippen MR) is 57.7 cm³/mol. The fourth-order valence-electron chi connectivity index (χ4n) is 1.02. The van der Waals surface area contributed by atoms with Crippen LogP contribution in [-0.2, 0) is 20.9 Å². The zero-order valence-corrected chi connectivity index (χ0v) is 9.79. The molecule has 6 nitrogen and oxygen atoms in total. The summed E-state index contributed by atoms with van der Waals surface area (Å²) < 4.78 is 26.0. The Morgan fingerprint density at radius 2 is 2.12 bits per heavy atom. The molecule has 0 bridgehead atoms. The van der Waals surface area contributed by atoms with Crippen LogP contribution in [0.1, 0.15) is 5.56 Å². The maximum Gasteiger partial charge on any atom is 0.275 e. The molecule has 16 heavy (non-hydrogen) atoms. The largest absolute Gasteiger partial charge is 0.275 e. The van der Waals surface area contributed by atoms with Gasteiger partial charge in [-0.2, -0.15) is 8.42 Å². The van der Waals surface area contributed by atoms with Gasteiger partial charge >= 0.3 is 0 Å². The second-order valence-corrected chi connectivity index (χ2v) is 5.08. The van der Waals surface area contributed by atoms with Crippen molar-refractivity contribution in [3.63, 3.8) is 0 Å². The molecule has 0 spiro atoms. The van der Waals surface area contributed by atoms with Crippen LogP contribution in [0.5, 0.6) is 0 Å². The minimum absolute atomic E-state index is 0.114. The lowest BCUT2D eigenvalue weighted by Crippen LogP contribution is -2.04. The SMILES string of the molecule is CS(=O)(=O)OCc1cc(Cl)ccc1[N+](=O)[O-]. The highest BCUT2D eigenvalue weighted by Gasteiger charge is 2.15. The van der Waals surface area contributed by atoms with Crippen molar-refractivity contribution in [1.29, 1.82) is 0 Å². The molecule has 0 aliphatic rings. The van der Waals surface area contributed by atoms with Crippen molar-refractivity contribution in [1.82, 2.24) is 0 Å². The van der Waals surface area contributed by atoms with Crippen molar-refractivity contribution >= 4 is 27.4 Å². The van der Waals surface area contributed by atoms with Gasteiger partial charge in [0.05, 0.1) is 23.3 Å². The Kier molecular flexibility index (Phi) is 3.84. The average Bonchev–Trinajstić information content (AvgIpc) is 2.13. The standard InChI is InChI=1S/C8H8ClNO5S/c1-16(13,14)15-5-6-4-7(9)2-3-8(6)10(11)12/h2-4H,5H2,1H3. The van der Waals surface area contributed by atoms with E-state index < -0.39 is 21.6 Å². The first-order chi connectivity index (χ1) is 7.29. The zero-order valence-electron chi connectivity index (χ0n) is 8.21. The molecule has 0 amide bonds. The molecule has 0 atom stereocenters. The fraction of sp³-hybridized carbons (Fsp3) is 0.250. The number of benzene rings is 1. The van der Waals surface area contributed by atoms with Crippen LogP contribution in [0.4, 0.5) is 5.69 Å². The van der Waals surface area contributed by atoms with Gasteiger partial charge in [-0.3, -0.25) is 14.3 Å². The first kappa shape index (κ1) is 12.9. The van der Waals surface area contributed by atoms with Crippen LogP contribution in [0.2, 0.25) is 5.02 Å². The topological polar surface area (TPSA) is 86.5 Å². The predicted octanol–water partition coefficient (Wildman–Crippen LogP) is 1.72. The fourth-order valence-corrected chi connectivity index (χ4v) is 1.55. The summed E-state index contributed by atoms with van der Waals surface area (Å²) in [5.41, 5.74) is -0.115. The van der Waals surface area contributed by atoms with Gasteiger partial charge in [0, 0.05) is 11.1 Å². The van der Waals surface area contributed by atoms with Gasteiger partial charge in [-0.05, 0) is 12.1 Å². The van der Waals surface area contributed by atoms with Gasteiger partial charge in [-0.25, -0.2) is 0 Å². The third kappa shape index (κ3) is 3.76. The molecule has 0 unspecified atom stereocenters. The molecule has 0 fully saturated rings. The van der Waals surface area contributed by atoms with Gasteiger partial charge in [0.1, 0.15) is 0 Å². The zero-order chi connectivity index (χ0) is 12.3. The Hall–Kier alpha value is -1.18. The van der Waals surface area contributed by atoms with Crippen LogP contribution < -0.4 is 0 Å². The summed E-state index contributed by atoms with van der Waals surface area (Å²) in [6.07, 6.45) is 0.864. The Balaban J connectivity index is 3.01.